The van der Waals surface area contributed by atoms with Gasteiger partial charge in [0.2, 0.25) is 0 Å². The van der Waals surface area contributed by atoms with Crippen LogP contribution in [0.4, 0.5) is 0 Å². The summed E-state index contributed by atoms with van der Waals surface area (Å²) in [5.41, 5.74) is 0.392. The smallest absolute Gasteiger partial charge is 0.303 e. The molecule has 0 aliphatic carbocycles. The van der Waals surface area contributed by atoms with Crippen molar-refractivity contribution in [2.24, 2.45) is 0 Å². The molecule has 1 aliphatic heterocycles. The Morgan fingerprint density at radius 1 is 0.879 bits per heavy atom. The molecule has 1 saturated heterocycles. The van der Waals surface area contributed by atoms with Gasteiger partial charge in [0.25, 0.3) is 0 Å². The molecule has 9 nitrogen and oxygen atoms in total. The first-order valence-corrected chi connectivity index (χ1v) is 12.4. The van der Waals surface area contributed by atoms with Crippen LogP contribution in [0, 0.1) is 3.57 Å². The van der Waals surface area contributed by atoms with Gasteiger partial charge in [0, 0.05) is 37.0 Å². The molecule has 5 atom stereocenters. The van der Waals surface area contributed by atoms with Crippen molar-refractivity contribution in [1.82, 2.24) is 0 Å². The Labute approximate surface area is 210 Å². The summed E-state index contributed by atoms with van der Waals surface area (Å²) in [6.07, 6.45) is -3.52. The number of esters is 4. The molecule has 1 aliphatic rings. The molecular weight excluding hydrogens is 567 g/mol. The Hall–Kier alpha value is -1.86. The molecule has 0 bridgehead atoms. The van der Waals surface area contributed by atoms with Gasteiger partial charge < -0.3 is 23.7 Å². The molecule has 0 saturated carbocycles. The molecule has 1 aromatic carbocycles. The van der Waals surface area contributed by atoms with E-state index in [9.17, 15) is 19.2 Å². The summed E-state index contributed by atoms with van der Waals surface area (Å²) < 4.78 is 28.6. The SMILES string of the molecule is CC(=O)OC[C@H]1O[C@@H](SCCc2ccccc2I)[C@H](OC(C)=O)[C@@H](OC(C)=O)[C@H]1OC(C)=O. The van der Waals surface area contributed by atoms with Gasteiger partial charge in [-0.1, -0.05) is 18.2 Å². The van der Waals surface area contributed by atoms with E-state index < -0.39 is 53.7 Å². The number of hydrogen-bond acceptors (Lipinski definition) is 10. The van der Waals surface area contributed by atoms with Crippen LogP contribution in [0.3, 0.4) is 0 Å². The zero-order chi connectivity index (χ0) is 24.5. The Morgan fingerprint density at radius 2 is 1.45 bits per heavy atom. The average Bonchev–Trinajstić information content (AvgIpc) is 2.71. The Balaban J connectivity index is 2.29. The van der Waals surface area contributed by atoms with Crippen molar-refractivity contribution >= 4 is 58.2 Å². The molecule has 1 aromatic rings. The molecule has 33 heavy (non-hydrogen) atoms. The second-order valence-electron chi connectivity index (χ2n) is 7.28. The fourth-order valence-corrected chi connectivity index (χ4v) is 5.16. The van der Waals surface area contributed by atoms with E-state index in [-0.39, 0.29) is 6.61 Å². The van der Waals surface area contributed by atoms with Gasteiger partial charge in [-0.25, -0.2) is 0 Å². The number of ether oxygens (including phenoxy) is 5. The van der Waals surface area contributed by atoms with Gasteiger partial charge in [-0.05, 0) is 40.6 Å². The van der Waals surface area contributed by atoms with Gasteiger partial charge >= 0.3 is 23.9 Å². The van der Waals surface area contributed by atoms with E-state index in [1.807, 2.05) is 24.3 Å². The van der Waals surface area contributed by atoms with E-state index in [1.165, 1.54) is 39.5 Å². The Kier molecular flexibility index (Phi) is 10.9. The normalized spacial score (nSPS) is 24.5. The number of carbonyl (C=O) groups is 4. The average molecular weight is 594 g/mol. The lowest BCUT2D eigenvalue weighted by molar-refractivity contribution is -0.237. The third-order valence-corrected chi connectivity index (χ3v) is 6.76. The van der Waals surface area contributed by atoms with Crippen LogP contribution in [0.5, 0.6) is 0 Å². The summed E-state index contributed by atoms with van der Waals surface area (Å²) in [6, 6.07) is 7.94. The summed E-state index contributed by atoms with van der Waals surface area (Å²) in [6.45, 7) is 4.63. The predicted molar refractivity (Wildman–Crippen MR) is 127 cm³/mol. The number of rotatable bonds is 9. The molecule has 1 fully saturated rings. The van der Waals surface area contributed by atoms with Gasteiger partial charge in [-0.2, -0.15) is 0 Å². The van der Waals surface area contributed by atoms with E-state index in [1.54, 1.807) is 0 Å². The molecule has 0 aromatic heterocycles. The largest absolute Gasteiger partial charge is 0.463 e. The zero-order valence-corrected chi connectivity index (χ0v) is 21.8. The molecule has 0 radical (unpaired) electrons. The van der Waals surface area contributed by atoms with Crippen molar-refractivity contribution in [1.29, 1.82) is 0 Å². The lowest BCUT2D eigenvalue weighted by atomic mass is 9.99. The highest BCUT2D eigenvalue weighted by atomic mass is 127. The maximum Gasteiger partial charge on any atom is 0.303 e. The molecule has 1 heterocycles. The summed E-state index contributed by atoms with van der Waals surface area (Å²) in [4.78, 5) is 46.8. The van der Waals surface area contributed by atoms with Crippen molar-refractivity contribution in [3.8, 4) is 0 Å². The minimum atomic E-state index is -1.14. The molecular formula is C22H27IO9S. The highest BCUT2D eigenvalue weighted by molar-refractivity contribution is 14.1. The lowest BCUT2D eigenvalue weighted by Gasteiger charge is -2.44. The summed E-state index contributed by atoms with van der Waals surface area (Å²) in [7, 11) is 0. The third kappa shape index (κ3) is 8.78. The van der Waals surface area contributed by atoms with Crippen molar-refractivity contribution in [3.05, 3.63) is 33.4 Å². The molecule has 0 N–H and O–H groups in total. The summed E-state index contributed by atoms with van der Waals surface area (Å²) >= 11 is 3.63. The van der Waals surface area contributed by atoms with Crippen LogP contribution in [-0.4, -0.2) is 66.1 Å². The minimum absolute atomic E-state index is 0.231. The lowest BCUT2D eigenvalue weighted by Crippen LogP contribution is -2.61. The summed E-state index contributed by atoms with van der Waals surface area (Å²) in [5, 5.41) is 0. The van der Waals surface area contributed by atoms with Crippen LogP contribution >= 0.6 is 34.4 Å². The first-order valence-electron chi connectivity index (χ1n) is 10.2. The number of halogens is 1. The van der Waals surface area contributed by atoms with Crippen molar-refractivity contribution in [3.63, 3.8) is 0 Å². The first kappa shape index (κ1) is 27.4. The number of aryl methyl sites for hydroxylation is 1. The zero-order valence-electron chi connectivity index (χ0n) is 18.8. The van der Waals surface area contributed by atoms with E-state index in [4.69, 9.17) is 23.7 Å². The molecule has 2 rings (SSSR count). The Bertz CT molecular complexity index is 862. The maximum absolute atomic E-state index is 11.9. The van der Waals surface area contributed by atoms with Crippen LogP contribution in [-0.2, 0) is 49.3 Å². The number of thioether (sulfide) groups is 1. The molecule has 0 amide bonds. The van der Waals surface area contributed by atoms with Crippen LogP contribution in [0.1, 0.15) is 33.3 Å². The highest BCUT2D eigenvalue weighted by Crippen LogP contribution is 2.34. The van der Waals surface area contributed by atoms with Crippen LogP contribution in [0.25, 0.3) is 0 Å². The molecule has 0 spiro atoms. The Morgan fingerprint density at radius 3 is 2.03 bits per heavy atom. The second kappa shape index (κ2) is 13.1. The standard InChI is InChI=1S/C22H27IO9S/c1-12(24)28-11-18-19(29-13(2)25)20(30-14(3)26)21(31-15(4)27)22(32-18)33-10-9-16-7-5-6-8-17(16)23/h5-8,18-22H,9-11H2,1-4H3/t18-,19+,20+,21-,22+/m1/s1. The quantitative estimate of drug-likeness (QED) is 0.240. The number of hydrogen-bond donors (Lipinski definition) is 0. The van der Waals surface area contributed by atoms with Gasteiger partial charge in [0.05, 0.1) is 0 Å². The highest BCUT2D eigenvalue weighted by Gasteiger charge is 2.52. The second-order valence-corrected chi connectivity index (χ2v) is 9.65. The van der Waals surface area contributed by atoms with Crippen molar-refractivity contribution < 1.29 is 42.9 Å². The number of carbonyl (C=O) groups excluding carboxylic acids is 4. The van der Waals surface area contributed by atoms with E-state index in [2.05, 4.69) is 22.6 Å². The summed E-state index contributed by atoms with van der Waals surface area (Å²) in [5.74, 6) is -1.85. The minimum Gasteiger partial charge on any atom is -0.463 e. The van der Waals surface area contributed by atoms with E-state index in [0.717, 1.165) is 15.6 Å². The monoisotopic (exact) mass is 594 g/mol. The fourth-order valence-electron chi connectivity index (χ4n) is 3.31. The predicted octanol–water partition coefficient (Wildman–Crippen LogP) is 2.65. The van der Waals surface area contributed by atoms with Gasteiger partial charge in [-0.3, -0.25) is 19.2 Å². The van der Waals surface area contributed by atoms with Gasteiger partial charge in [-0.15, -0.1) is 11.8 Å². The molecule has 11 heteroatoms. The van der Waals surface area contributed by atoms with Crippen molar-refractivity contribution in [2.45, 2.75) is 64.0 Å². The fraction of sp³-hybridized carbons (Fsp3) is 0.545. The molecule has 182 valence electrons. The van der Waals surface area contributed by atoms with Crippen LogP contribution in [0.2, 0.25) is 0 Å². The van der Waals surface area contributed by atoms with E-state index in [0.29, 0.717) is 5.75 Å². The molecule has 0 unspecified atom stereocenters. The number of benzene rings is 1. The van der Waals surface area contributed by atoms with Crippen molar-refractivity contribution in [2.75, 3.05) is 12.4 Å². The van der Waals surface area contributed by atoms with Gasteiger partial charge in [0.1, 0.15) is 18.1 Å². The van der Waals surface area contributed by atoms with Gasteiger partial charge in [0.15, 0.2) is 18.3 Å². The first-order chi connectivity index (χ1) is 15.6. The van der Waals surface area contributed by atoms with Crippen LogP contribution < -0.4 is 0 Å². The van der Waals surface area contributed by atoms with E-state index >= 15 is 0 Å². The topological polar surface area (TPSA) is 114 Å². The maximum atomic E-state index is 11.9. The van der Waals surface area contributed by atoms with Crippen LogP contribution in [0.15, 0.2) is 24.3 Å². The third-order valence-electron chi connectivity index (χ3n) is 4.56.